The van der Waals surface area contributed by atoms with Gasteiger partial charge in [-0.3, -0.25) is 0 Å². The third-order valence-electron chi connectivity index (χ3n) is 1.75. The lowest BCUT2D eigenvalue weighted by Gasteiger charge is -2.08. The molecule has 10 heavy (non-hydrogen) atoms. The molecule has 0 N–H and O–H groups in total. The fourth-order valence-electron chi connectivity index (χ4n) is 1.11. The Bertz CT molecular complexity index is 61.7. The van der Waals surface area contributed by atoms with E-state index in [0.717, 1.165) is 12.5 Å². The summed E-state index contributed by atoms with van der Waals surface area (Å²) in [7, 11) is 1.77. The molecule has 0 saturated heterocycles. The molecule has 1 atom stereocenters. The van der Waals surface area contributed by atoms with E-state index in [0.29, 0.717) is 0 Å². The van der Waals surface area contributed by atoms with Gasteiger partial charge in [0.05, 0.1) is 0 Å². The minimum absolute atomic E-state index is 0.747. The van der Waals surface area contributed by atoms with Crippen molar-refractivity contribution in [2.24, 2.45) is 5.92 Å². The van der Waals surface area contributed by atoms with Gasteiger partial charge in [-0.2, -0.15) is 0 Å². The lowest BCUT2D eigenvalue weighted by Crippen LogP contribution is -2.02. The molecule has 0 aromatic heterocycles. The van der Waals surface area contributed by atoms with Crippen molar-refractivity contribution in [1.29, 1.82) is 0 Å². The van der Waals surface area contributed by atoms with Gasteiger partial charge in [-0.15, -0.1) is 0 Å². The highest BCUT2D eigenvalue weighted by Gasteiger charge is 1.98. The van der Waals surface area contributed by atoms with Gasteiger partial charge >= 0.3 is 0 Å². The van der Waals surface area contributed by atoms with Gasteiger partial charge in [-0.05, 0) is 12.3 Å². The molecule has 0 aromatic rings. The number of methoxy groups -OCH3 is 1. The van der Waals surface area contributed by atoms with Crippen LogP contribution in [0.3, 0.4) is 0 Å². The van der Waals surface area contributed by atoms with Crippen LogP contribution in [0.25, 0.3) is 0 Å². The molecule has 0 aliphatic heterocycles. The Labute approximate surface area is 64.8 Å². The maximum Gasteiger partial charge on any atom is 0.0487 e. The van der Waals surface area contributed by atoms with E-state index >= 15 is 0 Å². The number of rotatable bonds is 6. The molecular formula is C9H20O. The van der Waals surface area contributed by atoms with Crippen molar-refractivity contribution >= 4 is 0 Å². The maximum absolute atomic E-state index is 5.03. The summed E-state index contributed by atoms with van der Waals surface area (Å²) in [5.41, 5.74) is 0. The molecule has 0 radical (unpaired) electrons. The predicted octanol–water partition coefficient (Wildman–Crippen LogP) is 2.85. The van der Waals surface area contributed by atoms with E-state index in [1.807, 2.05) is 0 Å². The van der Waals surface area contributed by atoms with E-state index in [1.165, 1.54) is 25.7 Å². The minimum atomic E-state index is 0.747. The quantitative estimate of drug-likeness (QED) is 0.521. The number of hydrogen-bond donors (Lipinski definition) is 0. The van der Waals surface area contributed by atoms with Crippen molar-refractivity contribution in [2.45, 2.75) is 39.5 Å². The van der Waals surface area contributed by atoms with E-state index in [2.05, 4.69) is 13.8 Å². The summed E-state index contributed by atoms with van der Waals surface area (Å²) < 4.78 is 5.03. The van der Waals surface area contributed by atoms with E-state index < -0.39 is 0 Å². The molecule has 0 fully saturated rings. The molecule has 0 saturated carbocycles. The molecular weight excluding hydrogens is 124 g/mol. The Kier molecular flexibility index (Phi) is 7.04. The zero-order chi connectivity index (χ0) is 7.82. The first-order valence-corrected chi connectivity index (χ1v) is 4.30. The standard InChI is InChI=1S/C9H20O/c1-4-5-6-7-9(2)8-10-3/h9H,4-8H2,1-3H3. The van der Waals surface area contributed by atoms with E-state index in [4.69, 9.17) is 4.74 Å². The largest absolute Gasteiger partial charge is 0.384 e. The molecule has 0 amide bonds. The van der Waals surface area contributed by atoms with Crippen molar-refractivity contribution in [1.82, 2.24) is 0 Å². The molecule has 1 unspecified atom stereocenters. The first kappa shape index (κ1) is 9.96. The van der Waals surface area contributed by atoms with Crippen molar-refractivity contribution in [3.8, 4) is 0 Å². The van der Waals surface area contributed by atoms with Gasteiger partial charge in [0.1, 0.15) is 0 Å². The highest BCUT2D eigenvalue weighted by Crippen LogP contribution is 2.08. The smallest absolute Gasteiger partial charge is 0.0487 e. The molecule has 1 nitrogen and oxygen atoms in total. The Morgan fingerprint density at radius 1 is 1.30 bits per heavy atom. The highest BCUT2D eigenvalue weighted by molar-refractivity contribution is 4.50. The SMILES string of the molecule is CCCCCC(C)COC. The Morgan fingerprint density at radius 3 is 2.50 bits per heavy atom. The first-order valence-electron chi connectivity index (χ1n) is 4.30. The Hall–Kier alpha value is -0.0400. The van der Waals surface area contributed by atoms with Crippen LogP contribution in [0.15, 0.2) is 0 Å². The van der Waals surface area contributed by atoms with Gasteiger partial charge in [0.25, 0.3) is 0 Å². The lowest BCUT2D eigenvalue weighted by atomic mass is 10.0. The topological polar surface area (TPSA) is 9.23 Å². The van der Waals surface area contributed by atoms with Gasteiger partial charge < -0.3 is 4.74 Å². The molecule has 62 valence electrons. The zero-order valence-corrected chi connectivity index (χ0v) is 7.52. The predicted molar refractivity (Wildman–Crippen MR) is 45.2 cm³/mol. The van der Waals surface area contributed by atoms with Crippen LogP contribution in [0.4, 0.5) is 0 Å². The monoisotopic (exact) mass is 144 g/mol. The van der Waals surface area contributed by atoms with Gasteiger partial charge in [-0.1, -0.05) is 33.1 Å². The fourth-order valence-corrected chi connectivity index (χ4v) is 1.11. The molecule has 1 heteroatoms. The molecule has 0 bridgehead atoms. The third-order valence-corrected chi connectivity index (χ3v) is 1.75. The minimum Gasteiger partial charge on any atom is -0.384 e. The second kappa shape index (κ2) is 7.07. The average molecular weight is 144 g/mol. The van der Waals surface area contributed by atoms with Crippen molar-refractivity contribution < 1.29 is 4.74 Å². The molecule has 0 aliphatic rings. The molecule has 0 aromatic carbocycles. The van der Waals surface area contributed by atoms with Crippen LogP contribution < -0.4 is 0 Å². The summed E-state index contributed by atoms with van der Waals surface area (Å²) >= 11 is 0. The van der Waals surface area contributed by atoms with Crippen molar-refractivity contribution in [3.05, 3.63) is 0 Å². The Morgan fingerprint density at radius 2 is 2.00 bits per heavy atom. The lowest BCUT2D eigenvalue weighted by molar-refractivity contribution is 0.154. The molecule has 0 aliphatic carbocycles. The van der Waals surface area contributed by atoms with Crippen LogP contribution in [0.5, 0.6) is 0 Å². The van der Waals surface area contributed by atoms with Crippen LogP contribution in [0.1, 0.15) is 39.5 Å². The van der Waals surface area contributed by atoms with Gasteiger partial charge in [0.2, 0.25) is 0 Å². The molecule has 0 rings (SSSR count). The summed E-state index contributed by atoms with van der Waals surface area (Å²) in [5, 5.41) is 0. The number of ether oxygens (including phenoxy) is 1. The highest BCUT2D eigenvalue weighted by atomic mass is 16.5. The third kappa shape index (κ3) is 6.09. The van der Waals surface area contributed by atoms with Crippen LogP contribution in [0.2, 0.25) is 0 Å². The summed E-state index contributed by atoms with van der Waals surface area (Å²) in [4.78, 5) is 0. The average Bonchev–Trinajstić information content (AvgIpc) is 1.89. The number of unbranched alkanes of at least 4 members (excludes halogenated alkanes) is 2. The van der Waals surface area contributed by atoms with Crippen LogP contribution in [-0.4, -0.2) is 13.7 Å². The van der Waals surface area contributed by atoms with Crippen molar-refractivity contribution in [3.63, 3.8) is 0 Å². The summed E-state index contributed by atoms with van der Waals surface area (Å²) in [6.07, 6.45) is 5.37. The van der Waals surface area contributed by atoms with Crippen LogP contribution >= 0.6 is 0 Å². The summed E-state index contributed by atoms with van der Waals surface area (Å²) in [6, 6.07) is 0. The van der Waals surface area contributed by atoms with Gasteiger partial charge in [0, 0.05) is 13.7 Å². The second-order valence-electron chi connectivity index (χ2n) is 3.06. The second-order valence-corrected chi connectivity index (χ2v) is 3.06. The van der Waals surface area contributed by atoms with E-state index in [-0.39, 0.29) is 0 Å². The van der Waals surface area contributed by atoms with E-state index in [1.54, 1.807) is 7.11 Å². The Balaban J connectivity index is 2.97. The first-order chi connectivity index (χ1) is 4.81. The molecule has 0 heterocycles. The zero-order valence-electron chi connectivity index (χ0n) is 7.52. The van der Waals surface area contributed by atoms with Crippen molar-refractivity contribution in [2.75, 3.05) is 13.7 Å². The van der Waals surface area contributed by atoms with Crippen LogP contribution in [0, 0.1) is 5.92 Å². The van der Waals surface area contributed by atoms with Gasteiger partial charge in [-0.25, -0.2) is 0 Å². The summed E-state index contributed by atoms with van der Waals surface area (Å²) in [5.74, 6) is 0.747. The fraction of sp³-hybridized carbons (Fsp3) is 1.00. The normalized spacial score (nSPS) is 13.5. The maximum atomic E-state index is 5.03. The van der Waals surface area contributed by atoms with Gasteiger partial charge in [0.15, 0.2) is 0 Å². The summed E-state index contributed by atoms with van der Waals surface area (Å²) in [6.45, 7) is 5.41. The number of hydrogen-bond acceptors (Lipinski definition) is 1. The van der Waals surface area contributed by atoms with E-state index in [9.17, 15) is 0 Å². The molecule has 0 spiro atoms. The van der Waals surface area contributed by atoms with Crippen LogP contribution in [-0.2, 0) is 4.74 Å².